The highest BCUT2D eigenvalue weighted by Gasteiger charge is 2.19. The summed E-state index contributed by atoms with van der Waals surface area (Å²) >= 11 is 0. The molecule has 0 saturated heterocycles. The van der Waals surface area contributed by atoms with Gasteiger partial charge in [-0.15, -0.1) is 0 Å². The molecule has 0 rings (SSSR count). The zero-order valence-corrected chi connectivity index (χ0v) is 41.1. The van der Waals surface area contributed by atoms with E-state index in [0.717, 1.165) is 96.3 Å². The van der Waals surface area contributed by atoms with Crippen molar-refractivity contribution in [1.82, 2.24) is 0 Å². The largest absolute Gasteiger partial charge is 0.462 e. The predicted octanol–water partition coefficient (Wildman–Crippen LogP) is 17.2. The van der Waals surface area contributed by atoms with Crippen LogP contribution in [0.3, 0.4) is 0 Å². The van der Waals surface area contributed by atoms with E-state index in [1.807, 2.05) is 6.08 Å². The van der Waals surface area contributed by atoms with Crippen LogP contribution in [0.2, 0.25) is 0 Å². The van der Waals surface area contributed by atoms with E-state index >= 15 is 0 Å². The molecule has 360 valence electrons. The lowest BCUT2D eigenvalue weighted by Crippen LogP contribution is -2.30. The number of carbonyl (C=O) groups is 3. The summed E-state index contributed by atoms with van der Waals surface area (Å²) in [7, 11) is 0. The molecule has 0 aliphatic rings. The van der Waals surface area contributed by atoms with E-state index in [2.05, 4.69) is 99.8 Å². The molecule has 0 saturated carbocycles. The number of carbonyl (C=O) groups excluding carboxylic acids is 3. The Morgan fingerprint density at radius 1 is 0.333 bits per heavy atom. The second-order valence-corrected chi connectivity index (χ2v) is 17.0. The van der Waals surface area contributed by atoms with Gasteiger partial charge in [-0.25, -0.2) is 0 Å². The second kappa shape index (κ2) is 51.2. The molecule has 0 aromatic rings. The van der Waals surface area contributed by atoms with Gasteiger partial charge in [-0.2, -0.15) is 0 Å². The van der Waals surface area contributed by atoms with Crippen LogP contribution in [-0.4, -0.2) is 37.2 Å². The van der Waals surface area contributed by atoms with E-state index in [1.165, 1.54) is 96.3 Å². The van der Waals surface area contributed by atoms with Gasteiger partial charge in [0.1, 0.15) is 13.2 Å². The molecule has 6 heteroatoms. The highest BCUT2D eigenvalue weighted by molar-refractivity contribution is 5.71. The SMILES string of the molecule is CC/C=C/C/C=C/C/C=C/C/C=C/CCCCCC(=O)OCC(COC(=O)CC/C=C/C/C=C/CCCCCCCC)OC(=O)CCCCCCC/C=C/CCCCCCCCC. The minimum Gasteiger partial charge on any atom is -0.462 e. The van der Waals surface area contributed by atoms with Crippen molar-refractivity contribution in [3.05, 3.63) is 85.1 Å². The molecule has 0 spiro atoms. The Morgan fingerprint density at radius 3 is 1.10 bits per heavy atom. The van der Waals surface area contributed by atoms with Gasteiger partial charge in [0.05, 0.1) is 0 Å². The summed E-state index contributed by atoms with van der Waals surface area (Å²) in [6.45, 7) is 6.42. The van der Waals surface area contributed by atoms with Gasteiger partial charge in [-0.3, -0.25) is 14.4 Å². The maximum absolute atomic E-state index is 12.8. The van der Waals surface area contributed by atoms with Crippen LogP contribution in [0.15, 0.2) is 85.1 Å². The van der Waals surface area contributed by atoms with Gasteiger partial charge in [0.25, 0.3) is 0 Å². The molecule has 0 fully saturated rings. The fourth-order valence-electron chi connectivity index (χ4n) is 6.95. The first-order chi connectivity index (χ1) is 31.0. The van der Waals surface area contributed by atoms with E-state index in [4.69, 9.17) is 14.2 Å². The Kier molecular flexibility index (Phi) is 48.5. The number of esters is 3. The third-order valence-corrected chi connectivity index (χ3v) is 10.9. The van der Waals surface area contributed by atoms with Crippen molar-refractivity contribution in [2.24, 2.45) is 0 Å². The van der Waals surface area contributed by atoms with Crippen LogP contribution in [0.1, 0.15) is 239 Å². The summed E-state index contributed by atoms with van der Waals surface area (Å²) in [6, 6.07) is 0. The second-order valence-electron chi connectivity index (χ2n) is 17.0. The van der Waals surface area contributed by atoms with E-state index in [0.29, 0.717) is 19.3 Å². The number of hydrogen-bond donors (Lipinski definition) is 0. The third-order valence-electron chi connectivity index (χ3n) is 10.9. The highest BCUT2D eigenvalue weighted by Crippen LogP contribution is 2.13. The van der Waals surface area contributed by atoms with Crippen molar-refractivity contribution >= 4 is 17.9 Å². The van der Waals surface area contributed by atoms with Crippen LogP contribution >= 0.6 is 0 Å². The molecule has 0 aromatic heterocycles. The van der Waals surface area contributed by atoms with E-state index < -0.39 is 6.10 Å². The first-order valence-corrected chi connectivity index (χ1v) is 26.1. The van der Waals surface area contributed by atoms with Crippen LogP contribution < -0.4 is 0 Å². The molecule has 63 heavy (non-hydrogen) atoms. The molecule has 0 aliphatic carbocycles. The van der Waals surface area contributed by atoms with E-state index in [9.17, 15) is 14.4 Å². The van der Waals surface area contributed by atoms with Crippen LogP contribution in [0.5, 0.6) is 0 Å². The normalized spacial score (nSPS) is 12.7. The Bertz CT molecular complexity index is 1240. The van der Waals surface area contributed by atoms with E-state index in [1.54, 1.807) is 0 Å². The lowest BCUT2D eigenvalue weighted by atomic mass is 10.1. The van der Waals surface area contributed by atoms with E-state index in [-0.39, 0.29) is 37.5 Å². The zero-order chi connectivity index (χ0) is 45.8. The number of rotatable bonds is 46. The molecule has 0 amide bonds. The fraction of sp³-hybridized carbons (Fsp3) is 0.702. The van der Waals surface area contributed by atoms with Gasteiger partial charge < -0.3 is 14.2 Å². The van der Waals surface area contributed by atoms with Gasteiger partial charge in [0.2, 0.25) is 0 Å². The van der Waals surface area contributed by atoms with Crippen molar-refractivity contribution in [1.29, 1.82) is 0 Å². The van der Waals surface area contributed by atoms with Gasteiger partial charge in [0, 0.05) is 19.3 Å². The topological polar surface area (TPSA) is 78.9 Å². The van der Waals surface area contributed by atoms with Gasteiger partial charge in [0.15, 0.2) is 6.10 Å². The Labute approximate surface area is 388 Å². The molecule has 0 N–H and O–H groups in total. The number of unbranched alkanes of at least 4 members (excludes halogenated alkanes) is 21. The number of ether oxygens (including phenoxy) is 3. The van der Waals surface area contributed by atoms with Crippen molar-refractivity contribution in [3.8, 4) is 0 Å². The van der Waals surface area contributed by atoms with Crippen LogP contribution in [0.4, 0.5) is 0 Å². The Morgan fingerprint density at radius 2 is 0.651 bits per heavy atom. The minimum absolute atomic E-state index is 0.114. The average molecular weight is 877 g/mol. The smallest absolute Gasteiger partial charge is 0.306 e. The van der Waals surface area contributed by atoms with Gasteiger partial charge in [-0.1, -0.05) is 202 Å². The summed E-state index contributed by atoms with van der Waals surface area (Å²) < 4.78 is 16.7. The Hall–Kier alpha value is -3.41. The molecule has 6 nitrogen and oxygen atoms in total. The molecule has 1 atom stereocenters. The maximum Gasteiger partial charge on any atom is 0.306 e. The molecule has 0 bridgehead atoms. The first-order valence-electron chi connectivity index (χ1n) is 26.1. The first kappa shape index (κ1) is 59.6. The summed E-state index contributed by atoms with van der Waals surface area (Å²) in [5, 5.41) is 0. The van der Waals surface area contributed by atoms with Crippen molar-refractivity contribution < 1.29 is 28.6 Å². The van der Waals surface area contributed by atoms with Gasteiger partial charge >= 0.3 is 17.9 Å². The van der Waals surface area contributed by atoms with Crippen LogP contribution in [-0.2, 0) is 28.6 Å². The molecular formula is C57H96O6. The maximum atomic E-state index is 12.8. The standard InChI is InChI=1S/C57H96O6/c1-4-7-10-13-16-19-22-25-27-29-32-35-38-41-44-47-50-56(59)62-53-54(52-61-55(58)49-46-43-40-37-34-31-24-21-18-15-12-9-6-3)63-57(60)51-48-45-42-39-36-33-30-28-26-23-20-17-14-11-8-5-2/h7,10,16,19,25,27-28,30-32,34-35,40,43,54H,4-6,8-9,11-15,17-18,20-24,26,29,33,36-39,41-42,44-53H2,1-3H3/b10-7+,19-16+,27-25+,30-28+,34-31+,35-32+,43-40+. The summed E-state index contributed by atoms with van der Waals surface area (Å²) in [4.78, 5) is 37.9. The molecule has 0 heterocycles. The van der Waals surface area contributed by atoms with Crippen molar-refractivity contribution in [2.45, 2.75) is 245 Å². The monoisotopic (exact) mass is 877 g/mol. The average Bonchev–Trinajstić information content (AvgIpc) is 3.28. The predicted molar refractivity (Wildman–Crippen MR) is 270 cm³/mol. The summed E-state index contributed by atoms with van der Waals surface area (Å²) in [5.41, 5.74) is 0. The highest BCUT2D eigenvalue weighted by atomic mass is 16.6. The lowest BCUT2D eigenvalue weighted by Gasteiger charge is -2.18. The molecule has 0 radical (unpaired) electrons. The lowest BCUT2D eigenvalue weighted by molar-refractivity contribution is -0.166. The fourth-order valence-corrected chi connectivity index (χ4v) is 6.95. The number of allylic oxidation sites excluding steroid dienone is 14. The van der Waals surface area contributed by atoms with Gasteiger partial charge in [-0.05, 0) is 103 Å². The minimum atomic E-state index is -0.816. The summed E-state index contributed by atoms with van der Waals surface area (Å²) in [5.74, 6) is -1.02. The third kappa shape index (κ3) is 49.5. The number of hydrogen-bond acceptors (Lipinski definition) is 6. The molecule has 0 aliphatic heterocycles. The van der Waals surface area contributed by atoms with Crippen molar-refractivity contribution in [2.75, 3.05) is 13.2 Å². The Balaban J connectivity index is 4.51. The molecular weight excluding hydrogens is 781 g/mol. The van der Waals surface area contributed by atoms with Crippen LogP contribution in [0, 0.1) is 0 Å². The van der Waals surface area contributed by atoms with Crippen molar-refractivity contribution in [3.63, 3.8) is 0 Å². The molecule has 1 unspecified atom stereocenters. The van der Waals surface area contributed by atoms with Crippen LogP contribution in [0.25, 0.3) is 0 Å². The molecule has 0 aromatic carbocycles. The quantitative estimate of drug-likeness (QED) is 0.0262. The summed E-state index contributed by atoms with van der Waals surface area (Å²) in [6.07, 6.45) is 65.8. The zero-order valence-electron chi connectivity index (χ0n) is 41.1.